The summed E-state index contributed by atoms with van der Waals surface area (Å²) in [5.41, 5.74) is 3.11. The first-order valence-electron chi connectivity index (χ1n) is 6.44. The molecule has 4 N–H and O–H groups in total. The summed E-state index contributed by atoms with van der Waals surface area (Å²) in [5.74, 6) is 5.49. The van der Waals surface area contributed by atoms with Crippen molar-refractivity contribution < 1.29 is 9.13 Å². The van der Waals surface area contributed by atoms with E-state index in [-0.39, 0.29) is 29.8 Å². The molecule has 0 atom stereocenters. The molecule has 21 heavy (non-hydrogen) atoms. The Hall–Kier alpha value is -2.48. The van der Waals surface area contributed by atoms with E-state index in [0.717, 1.165) is 5.56 Å². The highest BCUT2D eigenvalue weighted by Crippen LogP contribution is 2.13. The molecule has 0 bridgehead atoms. The largest absolute Gasteiger partial charge is 0.461 e. The van der Waals surface area contributed by atoms with Gasteiger partial charge in [-0.2, -0.15) is 15.0 Å². The molecule has 0 aliphatic heterocycles. The number of halogens is 1. The standard InChI is InChI=1S/C13H17FN6O/c1-8(2)21-13-18-11(17-12(19-13)20-15)16-7-9-4-3-5-10(14)6-9/h3-6,8H,7,15H2,1-2H3,(H2,16,17,18,19,20). The van der Waals surface area contributed by atoms with Gasteiger partial charge in [-0.1, -0.05) is 12.1 Å². The molecule has 0 radical (unpaired) electrons. The summed E-state index contributed by atoms with van der Waals surface area (Å²) < 4.78 is 18.5. The number of hydrogen-bond acceptors (Lipinski definition) is 7. The van der Waals surface area contributed by atoms with Crippen molar-refractivity contribution in [3.05, 3.63) is 35.6 Å². The Morgan fingerprint density at radius 3 is 2.67 bits per heavy atom. The van der Waals surface area contributed by atoms with E-state index >= 15 is 0 Å². The molecule has 0 amide bonds. The van der Waals surface area contributed by atoms with E-state index in [4.69, 9.17) is 10.6 Å². The number of aromatic nitrogens is 3. The van der Waals surface area contributed by atoms with Crippen molar-refractivity contribution >= 4 is 11.9 Å². The molecule has 1 aromatic heterocycles. The third kappa shape index (κ3) is 4.53. The fourth-order valence-corrected chi connectivity index (χ4v) is 1.59. The summed E-state index contributed by atoms with van der Waals surface area (Å²) in [5, 5.41) is 2.97. The molecule has 0 saturated carbocycles. The number of ether oxygens (including phenoxy) is 1. The molecule has 7 nitrogen and oxygen atoms in total. The van der Waals surface area contributed by atoms with Gasteiger partial charge in [0.2, 0.25) is 11.9 Å². The molecule has 0 spiro atoms. The van der Waals surface area contributed by atoms with E-state index in [1.807, 2.05) is 13.8 Å². The molecule has 0 aliphatic carbocycles. The lowest BCUT2D eigenvalue weighted by molar-refractivity contribution is 0.222. The van der Waals surface area contributed by atoms with Gasteiger partial charge in [-0.15, -0.1) is 0 Å². The number of benzene rings is 1. The van der Waals surface area contributed by atoms with Crippen LogP contribution < -0.4 is 21.3 Å². The van der Waals surface area contributed by atoms with Crippen LogP contribution in [-0.2, 0) is 6.54 Å². The fourth-order valence-electron chi connectivity index (χ4n) is 1.59. The quantitative estimate of drug-likeness (QED) is 0.550. The SMILES string of the molecule is CC(C)Oc1nc(NN)nc(NCc2cccc(F)c2)n1. The number of anilines is 2. The van der Waals surface area contributed by atoms with Crippen LogP contribution in [-0.4, -0.2) is 21.1 Å². The Kier molecular flexibility index (Phi) is 4.83. The predicted molar refractivity (Wildman–Crippen MR) is 77.1 cm³/mol. The number of nitrogens with two attached hydrogens (primary N) is 1. The second kappa shape index (κ2) is 6.80. The van der Waals surface area contributed by atoms with Crippen LogP contribution in [0.25, 0.3) is 0 Å². The van der Waals surface area contributed by atoms with Crippen molar-refractivity contribution in [2.75, 3.05) is 10.7 Å². The third-order valence-electron chi connectivity index (χ3n) is 2.42. The van der Waals surface area contributed by atoms with Crippen molar-refractivity contribution in [3.8, 4) is 6.01 Å². The summed E-state index contributed by atoms with van der Waals surface area (Å²) in [7, 11) is 0. The van der Waals surface area contributed by atoms with Crippen LogP contribution in [0.15, 0.2) is 24.3 Å². The number of hydrazine groups is 1. The normalized spacial score (nSPS) is 10.5. The maximum absolute atomic E-state index is 13.1. The number of nitrogens with one attached hydrogen (secondary N) is 2. The molecule has 0 unspecified atom stereocenters. The van der Waals surface area contributed by atoms with E-state index in [0.29, 0.717) is 6.54 Å². The van der Waals surface area contributed by atoms with E-state index in [1.54, 1.807) is 12.1 Å². The van der Waals surface area contributed by atoms with Crippen LogP contribution >= 0.6 is 0 Å². The van der Waals surface area contributed by atoms with Gasteiger partial charge in [0.05, 0.1) is 6.10 Å². The summed E-state index contributed by atoms with van der Waals surface area (Å²) in [4.78, 5) is 12.1. The Balaban J connectivity index is 2.11. The minimum Gasteiger partial charge on any atom is -0.461 e. The number of rotatable bonds is 6. The van der Waals surface area contributed by atoms with Crippen molar-refractivity contribution in [2.24, 2.45) is 5.84 Å². The summed E-state index contributed by atoms with van der Waals surface area (Å²) >= 11 is 0. The van der Waals surface area contributed by atoms with Crippen molar-refractivity contribution in [2.45, 2.75) is 26.5 Å². The highest BCUT2D eigenvalue weighted by molar-refractivity contribution is 5.36. The summed E-state index contributed by atoms with van der Waals surface area (Å²) in [6, 6.07) is 6.42. The molecular formula is C13H17FN6O. The van der Waals surface area contributed by atoms with Crippen LogP contribution in [0.2, 0.25) is 0 Å². The van der Waals surface area contributed by atoms with Crippen molar-refractivity contribution in [1.29, 1.82) is 0 Å². The summed E-state index contributed by atoms with van der Waals surface area (Å²) in [6.07, 6.45) is -0.0749. The molecule has 0 fully saturated rings. The number of hydrogen-bond donors (Lipinski definition) is 3. The van der Waals surface area contributed by atoms with Gasteiger partial charge in [-0.05, 0) is 31.5 Å². The molecule has 8 heteroatoms. The predicted octanol–water partition coefficient (Wildman–Crippen LogP) is 1.70. The summed E-state index contributed by atoms with van der Waals surface area (Å²) in [6.45, 7) is 4.09. The zero-order chi connectivity index (χ0) is 15.2. The Bertz CT molecular complexity index is 607. The fraction of sp³-hybridized carbons (Fsp3) is 0.308. The lowest BCUT2D eigenvalue weighted by atomic mass is 10.2. The molecule has 1 aromatic carbocycles. The van der Waals surface area contributed by atoms with Gasteiger partial charge in [-0.25, -0.2) is 10.2 Å². The average Bonchev–Trinajstić information content (AvgIpc) is 2.44. The third-order valence-corrected chi connectivity index (χ3v) is 2.42. The van der Waals surface area contributed by atoms with Gasteiger partial charge in [-0.3, -0.25) is 5.43 Å². The molecule has 0 saturated heterocycles. The highest BCUT2D eigenvalue weighted by atomic mass is 19.1. The Morgan fingerprint density at radius 1 is 1.24 bits per heavy atom. The monoisotopic (exact) mass is 292 g/mol. The lowest BCUT2D eigenvalue weighted by Gasteiger charge is -2.11. The van der Waals surface area contributed by atoms with Crippen LogP contribution in [0.4, 0.5) is 16.3 Å². The van der Waals surface area contributed by atoms with Crippen LogP contribution in [0.5, 0.6) is 6.01 Å². The average molecular weight is 292 g/mol. The smallest absolute Gasteiger partial charge is 0.323 e. The molecule has 112 valence electrons. The molecule has 0 aliphatic rings. The topological polar surface area (TPSA) is 98.0 Å². The van der Waals surface area contributed by atoms with Crippen LogP contribution in [0.1, 0.15) is 19.4 Å². The maximum Gasteiger partial charge on any atom is 0.323 e. The first kappa shape index (κ1) is 14.9. The van der Waals surface area contributed by atoms with Gasteiger partial charge < -0.3 is 10.1 Å². The van der Waals surface area contributed by atoms with E-state index < -0.39 is 0 Å². The minimum atomic E-state index is -0.293. The Labute approximate surface area is 121 Å². The second-order valence-corrected chi connectivity index (χ2v) is 4.56. The Morgan fingerprint density at radius 2 is 2.00 bits per heavy atom. The van der Waals surface area contributed by atoms with E-state index in [2.05, 4.69) is 25.7 Å². The zero-order valence-corrected chi connectivity index (χ0v) is 11.8. The highest BCUT2D eigenvalue weighted by Gasteiger charge is 2.08. The second-order valence-electron chi connectivity index (χ2n) is 4.56. The maximum atomic E-state index is 13.1. The molecule has 2 rings (SSSR count). The van der Waals surface area contributed by atoms with Gasteiger partial charge >= 0.3 is 6.01 Å². The van der Waals surface area contributed by atoms with Crippen LogP contribution in [0, 0.1) is 5.82 Å². The van der Waals surface area contributed by atoms with Gasteiger partial charge in [0, 0.05) is 6.54 Å². The van der Waals surface area contributed by atoms with Gasteiger partial charge in [0.15, 0.2) is 0 Å². The molecule has 1 heterocycles. The first-order chi connectivity index (χ1) is 10.1. The minimum absolute atomic E-state index is 0.0749. The molecule has 2 aromatic rings. The first-order valence-corrected chi connectivity index (χ1v) is 6.44. The van der Waals surface area contributed by atoms with Gasteiger partial charge in [0.1, 0.15) is 5.82 Å². The lowest BCUT2D eigenvalue weighted by Crippen LogP contribution is -2.16. The zero-order valence-electron chi connectivity index (χ0n) is 11.8. The van der Waals surface area contributed by atoms with E-state index in [1.165, 1.54) is 12.1 Å². The van der Waals surface area contributed by atoms with Crippen molar-refractivity contribution in [3.63, 3.8) is 0 Å². The molecular weight excluding hydrogens is 275 g/mol. The van der Waals surface area contributed by atoms with E-state index in [9.17, 15) is 4.39 Å². The number of nitrogen functional groups attached to an aromatic ring is 1. The van der Waals surface area contributed by atoms with Gasteiger partial charge in [0.25, 0.3) is 0 Å². The van der Waals surface area contributed by atoms with Crippen molar-refractivity contribution in [1.82, 2.24) is 15.0 Å². The number of nitrogens with zero attached hydrogens (tertiary/aromatic N) is 3. The van der Waals surface area contributed by atoms with Crippen LogP contribution in [0.3, 0.4) is 0 Å².